The van der Waals surface area contributed by atoms with Gasteiger partial charge in [0.05, 0.1) is 0 Å². The highest BCUT2D eigenvalue weighted by atomic mass is 16.7. The fourth-order valence-corrected chi connectivity index (χ4v) is 2.23. The lowest BCUT2D eigenvalue weighted by Gasteiger charge is -2.10. The van der Waals surface area contributed by atoms with E-state index in [9.17, 15) is 9.59 Å². The summed E-state index contributed by atoms with van der Waals surface area (Å²) in [7, 11) is 0. The van der Waals surface area contributed by atoms with Gasteiger partial charge in [-0.3, -0.25) is 14.2 Å². The maximum Gasteiger partial charge on any atom is 0.255 e. The lowest BCUT2D eigenvalue weighted by atomic mass is 10.2. The minimum Gasteiger partial charge on any atom is -0.454 e. The zero-order valence-corrected chi connectivity index (χ0v) is 12.5. The van der Waals surface area contributed by atoms with Crippen LogP contribution >= 0.6 is 0 Å². The molecule has 0 aliphatic carbocycles. The molecule has 0 bridgehead atoms. The second-order valence-corrected chi connectivity index (χ2v) is 5.00. The molecule has 120 valence electrons. The van der Waals surface area contributed by atoms with Crippen molar-refractivity contribution in [1.29, 1.82) is 0 Å². The first-order valence-corrected chi connectivity index (χ1v) is 7.12. The second kappa shape index (κ2) is 5.99. The Balaban J connectivity index is 1.74. The summed E-state index contributed by atoms with van der Waals surface area (Å²) in [4.78, 5) is 28.2. The maximum absolute atomic E-state index is 12.1. The minimum absolute atomic E-state index is 0.0233. The number of nitrogens with two attached hydrogens (primary N) is 1. The van der Waals surface area contributed by atoms with E-state index in [1.807, 2.05) is 6.92 Å². The van der Waals surface area contributed by atoms with Gasteiger partial charge in [-0.25, -0.2) is 4.98 Å². The first-order chi connectivity index (χ1) is 11.1. The van der Waals surface area contributed by atoms with E-state index in [0.717, 1.165) is 4.57 Å². The number of amides is 1. The van der Waals surface area contributed by atoms with E-state index in [-0.39, 0.29) is 30.8 Å². The molecule has 8 nitrogen and oxygen atoms in total. The zero-order valence-electron chi connectivity index (χ0n) is 12.5. The number of ether oxygens (including phenoxy) is 2. The molecule has 1 aliphatic heterocycles. The van der Waals surface area contributed by atoms with E-state index in [4.69, 9.17) is 15.2 Å². The smallest absolute Gasteiger partial charge is 0.255 e. The number of rotatable bonds is 4. The Hall–Kier alpha value is -3.03. The van der Waals surface area contributed by atoms with Gasteiger partial charge in [-0.15, -0.1) is 0 Å². The van der Waals surface area contributed by atoms with Gasteiger partial charge in [-0.2, -0.15) is 0 Å². The fraction of sp³-hybridized carbons (Fsp3) is 0.267. The van der Waals surface area contributed by atoms with Gasteiger partial charge in [0.1, 0.15) is 6.54 Å². The molecule has 1 amide bonds. The first-order valence-electron chi connectivity index (χ1n) is 7.12. The highest BCUT2D eigenvalue weighted by molar-refractivity contribution is 5.91. The number of nitrogen functional groups attached to an aromatic ring is 1. The molecule has 0 atom stereocenters. The van der Waals surface area contributed by atoms with Crippen LogP contribution in [0, 0.1) is 0 Å². The molecule has 0 radical (unpaired) electrons. The number of carbonyl (C=O) groups excluding carboxylic acids is 1. The molecule has 0 unspecified atom stereocenters. The number of aryl methyl sites for hydroxylation is 1. The van der Waals surface area contributed by atoms with Gasteiger partial charge >= 0.3 is 0 Å². The van der Waals surface area contributed by atoms with Crippen molar-refractivity contribution in [3.05, 3.63) is 40.3 Å². The molecule has 8 heteroatoms. The number of benzene rings is 1. The van der Waals surface area contributed by atoms with E-state index < -0.39 is 0 Å². The number of hydrogen-bond donors (Lipinski definition) is 2. The van der Waals surface area contributed by atoms with Crippen molar-refractivity contribution in [2.45, 2.75) is 19.9 Å². The second-order valence-electron chi connectivity index (χ2n) is 5.00. The molecule has 1 aromatic heterocycles. The molecule has 0 saturated heterocycles. The SMILES string of the molecule is CCc1cc(=O)n(CC(=O)Nc2ccc3c(c2)OCO3)c(N)n1. The van der Waals surface area contributed by atoms with Gasteiger partial charge in [0, 0.05) is 23.5 Å². The van der Waals surface area contributed by atoms with Crippen LogP contribution in [0.1, 0.15) is 12.6 Å². The Morgan fingerprint density at radius 2 is 2.13 bits per heavy atom. The van der Waals surface area contributed by atoms with Gasteiger partial charge in [0.25, 0.3) is 5.56 Å². The lowest BCUT2D eigenvalue weighted by Crippen LogP contribution is -2.30. The summed E-state index contributed by atoms with van der Waals surface area (Å²) in [5.41, 5.74) is 6.54. The van der Waals surface area contributed by atoms with E-state index in [2.05, 4.69) is 10.3 Å². The maximum atomic E-state index is 12.1. The molecule has 0 saturated carbocycles. The number of nitrogens with zero attached hydrogens (tertiary/aromatic N) is 2. The first kappa shape index (κ1) is 14.9. The topological polar surface area (TPSA) is 108 Å². The number of carbonyl (C=O) groups is 1. The monoisotopic (exact) mass is 316 g/mol. The largest absolute Gasteiger partial charge is 0.454 e. The predicted molar refractivity (Wildman–Crippen MR) is 83.5 cm³/mol. The summed E-state index contributed by atoms with van der Waals surface area (Å²) in [5.74, 6) is 0.829. The summed E-state index contributed by atoms with van der Waals surface area (Å²) < 4.78 is 11.6. The van der Waals surface area contributed by atoms with Crippen molar-refractivity contribution in [3.8, 4) is 11.5 Å². The number of hydrogen-bond acceptors (Lipinski definition) is 6. The van der Waals surface area contributed by atoms with Crippen LogP contribution in [0.5, 0.6) is 11.5 Å². The average Bonchev–Trinajstić information content (AvgIpc) is 2.98. The molecule has 1 aliphatic rings. The minimum atomic E-state index is -0.385. The van der Waals surface area contributed by atoms with Crippen LogP contribution in [0.3, 0.4) is 0 Å². The molecule has 2 aromatic rings. The van der Waals surface area contributed by atoms with Crippen LogP contribution in [0.4, 0.5) is 11.6 Å². The Morgan fingerprint density at radius 3 is 2.87 bits per heavy atom. The normalized spacial score (nSPS) is 12.2. The van der Waals surface area contributed by atoms with Crippen LogP contribution in [0.15, 0.2) is 29.1 Å². The molecule has 1 aromatic carbocycles. The van der Waals surface area contributed by atoms with Crippen molar-refractivity contribution < 1.29 is 14.3 Å². The molecule has 0 spiro atoms. The van der Waals surface area contributed by atoms with Gasteiger partial charge < -0.3 is 20.5 Å². The van der Waals surface area contributed by atoms with Crippen LogP contribution in [-0.4, -0.2) is 22.3 Å². The third kappa shape index (κ3) is 3.10. The quantitative estimate of drug-likeness (QED) is 0.862. The Bertz CT molecular complexity index is 816. The Morgan fingerprint density at radius 1 is 1.35 bits per heavy atom. The highest BCUT2D eigenvalue weighted by Gasteiger charge is 2.15. The molecule has 3 N–H and O–H groups in total. The van der Waals surface area contributed by atoms with Crippen LogP contribution < -0.4 is 26.1 Å². The van der Waals surface area contributed by atoms with E-state index in [1.54, 1.807) is 18.2 Å². The Kier molecular flexibility index (Phi) is 3.88. The van der Waals surface area contributed by atoms with Crippen LogP contribution in [-0.2, 0) is 17.8 Å². The van der Waals surface area contributed by atoms with Crippen molar-refractivity contribution in [2.75, 3.05) is 17.8 Å². The molecule has 3 rings (SSSR count). The van der Waals surface area contributed by atoms with Gasteiger partial charge in [-0.05, 0) is 18.6 Å². The van der Waals surface area contributed by atoms with Gasteiger partial charge in [0.15, 0.2) is 11.5 Å². The average molecular weight is 316 g/mol. The third-order valence-corrected chi connectivity index (χ3v) is 3.41. The van der Waals surface area contributed by atoms with Crippen molar-refractivity contribution in [1.82, 2.24) is 9.55 Å². The van der Waals surface area contributed by atoms with Crippen LogP contribution in [0.2, 0.25) is 0 Å². The number of aromatic nitrogens is 2. The molecule has 23 heavy (non-hydrogen) atoms. The summed E-state index contributed by atoms with van der Waals surface area (Å²) in [5, 5.41) is 2.69. The van der Waals surface area contributed by atoms with Gasteiger partial charge in [-0.1, -0.05) is 6.92 Å². The number of fused-ring (bicyclic) bond motifs is 1. The highest BCUT2D eigenvalue weighted by Crippen LogP contribution is 2.34. The summed E-state index contributed by atoms with van der Waals surface area (Å²) in [6.45, 7) is 1.82. The molecule has 0 fully saturated rings. The van der Waals surface area contributed by atoms with Crippen molar-refractivity contribution in [3.63, 3.8) is 0 Å². The molecule has 2 heterocycles. The predicted octanol–water partition coefficient (Wildman–Crippen LogP) is 0.755. The zero-order chi connectivity index (χ0) is 16.4. The number of nitrogens with one attached hydrogen (secondary N) is 1. The van der Waals surface area contributed by atoms with E-state index in [0.29, 0.717) is 29.3 Å². The summed E-state index contributed by atoms with van der Waals surface area (Å²) >= 11 is 0. The Labute approximate surface area is 131 Å². The van der Waals surface area contributed by atoms with E-state index >= 15 is 0 Å². The summed E-state index contributed by atoms with van der Waals surface area (Å²) in [6, 6.07) is 6.43. The fourth-order valence-electron chi connectivity index (χ4n) is 2.23. The van der Waals surface area contributed by atoms with E-state index in [1.165, 1.54) is 6.07 Å². The molecular formula is C15H16N4O4. The summed E-state index contributed by atoms with van der Waals surface area (Å²) in [6.07, 6.45) is 0.601. The molecular weight excluding hydrogens is 300 g/mol. The van der Waals surface area contributed by atoms with Gasteiger partial charge in [0.2, 0.25) is 18.6 Å². The van der Waals surface area contributed by atoms with Crippen molar-refractivity contribution in [2.24, 2.45) is 0 Å². The van der Waals surface area contributed by atoms with Crippen LogP contribution in [0.25, 0.3) is 0 Å². The van der Waals surface area contributed by atoms with Crippen molar-refractivity contribution >= 4 is 17.5 Å². The third-order valence-electron chi connectivity index (χ3n) is 3.41. The number of anilines is 2. The standard InChI is InChI=1S/C15H16N4O4/c1-2-9-6-14(21)19(15(16)18-9)7-13(20)17-10-3-4-11-12(5-10)23-8-22-11/h3-6H,2,7-8H2,1H3,(H2,16,18)(H,17,20). The lowest BCUT2D eigenvalue weighted by molar-refractivity contribution is -0.116.